The van der Waals surface area contributed by atoms with E-state index in [-0.39, 0.29) is 41.5 Å². The van der Waals surface area contributed by atoms with Gasteiger partial charge in [0, 0.05) is 30.8 Å². The third kappa shape index (κ3) is 4.31. The van der Waals surface area contributed by atoms with Crippen molar-refractivity contribution in [2.75, 3.05) is 18.4 Å². The van der Waals surface area contributed by atoms with E-state index in [0.717, 1.165) is 30.3 Å². The number of piperidine rings is 1. The molecule has 1 aliphatic rings. The first kappa shape index (κ1) is 20.6. The van der Waals surface area contributed by atoms with E-state index in [1.54, 1.807) is 0 Å². The summed E-state index contributed by atoms with van der Waals surface area (Å²) in [6, 6.07) is 6.21. The number of halogens is 4. The van der Waals surface area contributed by atoms with Gasteiger partial charge < -0.3 is 5.32 Å². The smallest absolute Gasteiger partial charge is 0.243 e. The van der Waals surface area contributed by atoms with Gasteiger partial charge in [-0.3, -0.25) is 4.79 Å². The molecule has 1 amide bonds. The average Bonchev–Trinajstić information content (AvgIpc) is 2.67. The van der Waals surface area contributed by atoms with Crippen LogP contribution >= 0.6 is 11.6 Å². The largest absolute Gasteiger partial charge is 0.326 e. The maximum absolute atomic E-state index is 13.3. The van der Waals surface area contributed by atoms with Gasteiger partial charge in [0.15, 0.2) is 11.6 Å². The molecule has 1 aliphatic heterocycles. The Labute approximate surface area is 165 Å². The Morgan fingerprint density at radius 3 is 2.25 bits per heavy atom. The molecular formula is C18H16ClF3N2O3S. The van der Waals surface area contributed by atoms with Crippen LogP contribution in [0.1, 0.15) is 12.8 Å². The predicted octanol–water partition coefficient (Wildman–Crippen LogP) is 3.80. The molecule has 0 aliphatic carbocycles. The summed E-state index contributed by atoms with van der Waals surface area (Å²) in [6.45, 7) is 0.181. The lowest BCUT2D eigenvalue weighted by Gasteiger charge is -2.30. The molecule has 0 aromatic heterocycles. The molecule has 2 aromatic rings. The molecule has 0 bridgehead atoms. The van der Waals surface area contributed by atoms with Gasteiger partial charge in [-0.2, -0.15) is 4.31 Å². The summed E-state index contributed by atoms with van der Waals surface area (Å²) in [6.07, 6.45) is 0.507. The molecule has 2 aromatic carbocycles. The van der Waals surface area contributed by atoms with Gasteiger partial charge in [-0.1, -0.05) is 11.6 Å². The SMILES string of the molecule is O=C(Nc1ccc(F)c(F)c1)C1CCN(S(=O)(=O)c2ccc(F)c(Cl)c2)CC1. The highest BCUT2D eigenvalue weighted by molar-refractivity contribution is 7.89. The zero-order valence-corrected chi connectivity index (χ0v) is 16.0. The van der Waals surface area contributed by atoms with Crippen molar-refractivity contribution in [2.45, 2.75) is 17.7 Å². The van der Waals surface area contributed by atoms with Gasteiger partial charge in [0.05, 0.1) is 9.92 Å². The maximum atomic E-state index is 13.3. The van der Waals surface area contributed by atoms with Gasteiger partial charge >= 0.3 is 0 Å². The number of benzene rings is 2. The highest BCUT2D eigenvalue weighted by Crippen LogP contribution is 2.27. The predicted molar refractivity (Wildman–Crippen MR) is 97.9 cm³/mol. The minimum atomic E-state index is -3.86. The molecule has 0 unspecified atom stereocenters. The number of amides is 1. The highest BCUT2D eigenvalue weighted by Gasteiger charge is 2.32. The zero-order chi connectivity index (χ0) is 20.5. The Balaban J connectivity index is 1.63. The summed E-state index contributed by atoms with van der Waals surface area (Å²) in [7, 11) is -3.86. The van der Waals surface area contributed by atoms with Crippen LogP contribution < -0.4 is 5.32 Å². The molecule has 0 saturated carbocycles. The lowest BCUT2D eigenvalue weighted by Crippen LogP contribution is -2.41. The summed E-state index contributed by atoms with van der Waals surface area (Å²) in [5.41, 5.74) is 0.125. The number of nitrogens with one attached hydrogen (secondary N) is 1. The second-order valence-electron chi connectivity index (χ2n) is 6.37. The van der Waals surface area contributed by atoms with E-state index in [2.05, 4.69) is 5.32 Å². The first-order chi connectivity index (χ1) is 13.2. The van der Waals surface area contributed by atoms with E-state index in [4.69, 9.17) is 11.6 Å². The minimum absolute atomic E-state index is 0.0905. The minimum Gasteiger partial charge on any atom is -0.326 e. The molecule has 3 rings (SSSR count). The number of rotatable bonds is 4. The molecule has 1 heterocycles. The highest BCUT2D eigenvalue weighted by atomic mass is 35.5. The van der Waals surface area contributed by atoms with Crippen molar-refractivity contribution in [3.05, 3.63) is 58.9 Å². The first-order valence-corrected chi connectivity index (χ1v) is 10.2. The number of anilines is 1. The number of carbonyl (C=O) groups is 1. The molecule has 0 atom stereocenters. The molecule has 150 valence electrons. The number of hydrogen-bond acceptors (Lipinski definition) is 3. The van der Waals surface area contributed by atoms with E-state index >= 15 is 0 Å². The van der Waals surface area contributed by atoms with Crippen LogP contribution in [0.5, 0.6) is 0 Å². The third-order valence-corrected chi connectivity index (χ3v) is 6.72. The molecule has 0 radical (unpaired) electrons. The fourth-order valence-corrected chi connectivity index (χ4v) is 4.70. The Morgan fingerprint density at radius 2 is 1.64 bits per heavy atom. The zero-order valence-electron chi connectivity index (χ0n) is 14.5. The van der Waals surface area contributed by atoms with Crippen molar-refractivity contribution >= 4 is 33.2 Å². The molecule has 1 fully saturated rings. The van der Waals surface area contributed by atoms with Gasteiger partial charge in [0.2, 0.25) is 15.9 Å². The molecule has 28 heavy (non-hydrogen) atoms. The maximum Gasteiger partial charge on any atom is 0.243 e. The topological polar surface area (TPSA) is 66.5 Å². The summed E-state index contributed by atoms with van der Waals surface area (Å²) in [5, 5.41) is 2.22. The molecular weight excluding hydrogens is 417 g/mol. The third-order valence-electron chi connectivity index (χ3n) is 4.54. The fourth-order valence-electron chi connectivity index (χ4n) is 2.96. The standard InChI is InChI=1S/C18H16ClF3N2O3S/c19-14-10-13(2-4-15(14)20)28(26,27)24-7-5-11(6-8-24)18(25)23-12-1-3-16(21)17(22)9-12/h1-4,9-11H,5-8H2,(H,23,25). The summed E-state index contributed by atoms with van der Waals surface area (Å²) < 4.78 is 66.0. The van der Waals surface area contributed by atoms with Gasteiger partial charge in [0.25, 0.3) is 0 Å². The molecule has 1 saturated heterocycles. The molecule has 0 spiro atoms. The Hall–Kier alpha value is -2.10. The van der Waals surface area contributed by atoms with Crippen LogP contribution in [0.15, 0.2) is 41.3 Å². The molecule has 10 heteroatoms. The Bertz CT molecular complexity index is 1010. The lowest BCUT2D eigenvalue weighted by molar-refractivity contribution is -0.120. The van der Waals surface area contributed by atoms with Crippen molar-refractivity contribution in [1.82, 2.24) is 4.31 Å². The molecule has 5 nitrogen and oxygen atoms in total. The summed E-state index contributed by atoms with van der Waals surface area (Å²) in [5.74, 6) is -3.67. The fraction of sp³-hybridized carbons (Fsp3) is 0.278. The van der Waals surface area contributed by atoms with Crippen LogP contribution in [-0.4, -0.2) is 31.7 Å². The summed E-state index contributed by atoms with van der Waals surface area (Å²) in [4.78, 5) is 12.2. The second kappa shape index (κ2) is 8.10. The number of carbonyl (C=O) groups excluding carboxylic acids is 1. The monoisotopic (exact) mass is 432 g/mol. The average molecular weight is 433 g/mol. The number of nitrogens with zero attached hydrogens (tertiary/aromatic N) is 1. The van der Waals surface area contributed by atoms with Gasteiger partial charge in [0.1, 0.15) is 5.82 Å². The first-order valence-electron chi connectivity index (χ1n) is 8.39. The van der Waals surface area contributed by atoms with Gasteiger partial charge in [-0.05, 0) is 43.2 Å². The van der Waals surface area contributed by atoms with Crippen molar-refractivity contribution in [3.63, 3.8) is 0 Å². The summed E-state index contributed by atoms with van der Waals surface area (Å²) >= 11 is 5.66. The van der Waals surface area contributed by atoms with Crippen LogP contribution in [0.25, 0.3) is 0 Å². The number of sulfonamides is 1. The van der Waals surface area contributed by atoms with Crippen molar-refractivity contribution in [2.24, 2.45) is 5.92 Å². The quantitative estimate of drug-likeness (QED) is 0.799. The Morgan fingerprint density at radius 1 is 1.00 bits per heavy atom. The van der Waals surface area contributed by atoms with Crippen molar-refractivity contribution in [1.29, 1.82) is 0 Å². The van der Waals surface area contributed by atoms with E-state index in [1.165, 1.54) is 10.4 Å². The van der Waals surface area contributed by atoms with Gasteiger partial charge in [-0.15, -0.1) is 0 Å². The van der Waals surface area contributed by atoms with E-state index < -0.39 is 39.3 Å². The van der Waals surface area contributed by atoms with Crippen molar-refractivity contribution < 1.29 is 26.4 Å². The lowest BCUT2D eigenvalue weighted by atomic mass is 9.97. The van der Waals surface area contributed by atoms with E-state index in [1.807, 2.05) is 0 Å². The second-order valence-corrected chi connectivity index (χ2v) is 8.72. The van der Waals surface area contributed by atoms with Crippen LogP contribution in [0.4, 0.5) is 18.9 Å². The van der Waals surface area contributed by atoms with Crippen LogP contribution in [0, 0.1) is 23.4 Å². The Kier molecular flexibility index (Phi) is 5.97. The van der Waals surface area contributed by atoms with Crippen LogP contribution in [0.2, 0.25) is 5.02 Å². The molecule has 1 N–H and O–H groups in total. The van der Waals surface area contributed by atoms with Crippen molar-refractivity contribution in [3.8, 4) is 0 Å². The van der Waals surface area contributed by atoms with Gasteiger partial charge in [-0.25, -0.2) is 21.6 Å². The normalized spacial score (nSPS) is 16.1. The number of hydrogen-bond donors (Lipinski definition) is 1. The van der Waals surface area contributed by atoms with E-state index in [9.17, 15) is 26.4 Å². The van der Waals surface area contributed by atoms with Crippen LogP contribution in [-0.2, 0) is 14.8 Å². The van der Waals surface area contributed by atoms with E-state index in [0.29, 0.717) is 0 Å². The van der Waals surface area contributed by atoms with Crippen LogP contribution in [0.3, 0.4) is 0 Å².